The lowest BCUT2D eigenvalue weighted by Gasteiger charge is -2.39. The molecule has 2 aliphatic rings. The fraction of sp³-hybridized carbons (Fsp3) is 0.381. The summed E-state index contributed by atoms with van der Waals surface area (Å²) >= 11 is 0. The van der Waals surface area contributed by atoms with Gasteiger partial charge in [-0.15, -0.1) is 0 Å². The number of nitrogens with one attached hydrogen (secondary N) is 1. The average molecular weight is 361 g/mol. The Morgan fingerprint density at radius 2 is 2.00 bits per heavy atom. The van der Waals surface area contributed by atoms with Crippen LogP contribution in [0.2, 0.25) is 0 Å². The Kier molecular flexibility index (Phi) is 3.21. The minimum Gasteiger partial charge on any atom is -0.329 e. The van der Waals surface area contributed by atoms with E-state index in [2.05, 4.69) is 41.8 Å². The van der Waals surface area contributed by atoms with Gasteiger partial charge in [0.15, 0.2) is 5.78 Å². The van der Waals surface area contributed by atoms with Gasteiger partial charge in [0.25, 0.3) is 0 Å². The molecule has 5 rings (SSSR count). The molecule has 27 heavy (non-hydrogen) atoms. The van der Waals surface area contributed by atoms with Crippen molar-refractivity contribution in [2.75, 3.05) is 5.32 Å². The Balaban J connectivity index is 1.82. The summed E-state index contributed by atoms with van der Waals surface area (Å²) in [6, 6.07) is 7.89. The maximum Gasteiger partial charge on any atom is 0.209 e. The van der Waals surface area contributed by atoms with Gasteiger partial charge in [0.2, 0.25) is 5.95 Å². The molecule has 6 nitrogen and oxygen atoms in total. The van der Waals surface area contributed by atoms with E-state index in [0.29, 0.717) is 6.42 Å². The summed E-state index contributed by atoms with van der Waals surface area (Å²) in [6.07, 6.45) is 3.29. The van der Waals surface area contributed by atoms with Crippen molar-refractivity contribution in [2.24, 2.45) is 12.5 Å². The van der Waals surface area contributed by atoms with Crippen LogP contribution in [-0.2, 0) is 11.8 Å². The number of hydrogen-bond acceptors (Lipinski definition) is 4. The lowest BCUT2D eigenvalue weighted by atomic mass is 9.73. The first-order chi connectivity index (χ1) is 12.9. The Labute approximate surface area is 157 Å². The van der Waals surface area contributed by atoms with E-state index >= 15 is 0 Å². The lowest BCUT2D eigenvalue weighted by Crippen LogP contribution is -2.36. The van der Waals surface area contributed by atoms with Crippen LogP contribution >= 0.6 is 0 Å². The van der Waals surface area contributed by atoms with Crippen molar-refractivity contribution in [3.8, 4) is 0 Å². The number of aromatic nitrogens is 4. The molecule has 0 fully saturated rings. The predicted octanol–water partition coefficient (Wildman–Crippen LogP) is 3.74. The Bertz CT molecular complexity index is 1130. The number of imidazole rings is 1. The number of carbonyl (C=O) groups excluding carboxylic acids is 1. The van der Waals surface area contributed by atoms with E-state index in [4.69, 9.17) is 4.98 Å². The number of anilines is 1. The number of nitrogens with zero attached hydrogens (tertiary/aromatic N) is 4. The van der Waals surface area contributed by atoms with Gasteiger partial charge in [-0.25, -0.2) is 4.98 Å². The number of rotatable bonds is 1. The standard InChI is InChI=1S/C21H23N5O/c1-12-13(11-22-25(12)4)19-18-15(9-21(2,3)10-17(18)27)24-20-23-14-7-5-6-8-16(14)26(19)20/h5-8,11,19H,9-10H2,1-4H3,(H,23,24). The van der Waals surface area contributed by atoms with Gasteiger partial charge in [0.1, 0.15) is 0 Å². The van der Waals surface area contributed by atoms with Crippen LogP contribution in [0.5, 0.6) is 0 Å². The highest BCUT2D eigenvalue weighted by molar-refractivity contribution is 6.01. The van der Waals surface area contributed by atoms with Crippen LogP contribution in [0.25, 0.3) is 11.0 Å². The van der Waals surface area contributed by atoms with Crippen LogP contribution < -0.4 is 5.32 Å². The fourth-order valence-electron chi connectivity index (χ4n) is 4.50. The summed E-state index contributed by atoms with van der Waals surface area (Å²) < 4.78 is 4.03. The molecule has 6 heteroatoms. The molecule has 1 unspecified atom stereocenters. The third-order valence-corrected chi connectivity index (χ3v) is 5.88. The molecule has 1 aliphatic heterocycles. The van der Waals surface area contributed by atoms with Crippen LogP contribution in [-0.4, -0.2) is 25.1 Å². The van der Waals surface area contributed by atoms with Crippen LogP contribution in [0.4, 0.5) is 5.95 Å². The third kappa shape index (κ3) is 2.29. The van der Waals surface area contributed by atoms with Crippen LogP contribution in [0.15, 0.2) is 41.7 Å². The summed E-state index contributed by atoms with van der Waals surface area (Å²) in [6.45, 7) is 6.36. The molecule has 0 radical (unpaired) electrons. The first kappa shape index (κ1) is 16.3. The van der Waals surface area contributed by atoms with Crippen LogP contribution in [0.1, 0.15) is 44.0 Å². The van der Waals surface area contributed by atoms with Gasteiger partial charge in [0, 0.05) is 36.0 Å². The van der Waals surface area contributed by atoms with Crippen molar-refractivity contribution in [1.29, 1.82) is 0 Å². The maximum absolute atomic E-state index is 13.3. The molecule has 0 saturated carbocycles. The van der Waals surface area contributed by atoms with Gasteiger partial charge in [-0.1, -0.05) is 26.0 Å². The van der Waals surface area contributed by atoms with Gasteiger partial charge in [-0.05, 0) is 30.9 Å². The van der Waals surface area contributed by atoms with E-state index in [-0.39, 0.29) is 17.2 Å². The number of para-hydroxylation sites is 2. The number of benzene rings is 1. The third-order valence-electron chi connectivity index (χ3n) is 5.88. The van der Waals surface area contributed by atoms with Crippen molar-refractivity contribution in [1.82, 2.24) is 19.3 Å². The second-order valence-electron chi connectivity index (χ2n) is 8.46. The lowest BCUT2D eigenvalue weighted by molar-refractivity contribution is -0.118. The van der Waals surface area contributed by atoms with E-state index in [9.17, 15) is 4.79 Å². The smallest absolute Gasteiger partial charge is 0.209 e. The van der Waals surface area contributed by atoms with E-state index in [1.807, 2.05) is 36.1 Å². The monoisotopic (exact) mass is 361 g/mol. The highest BCUT2D eigenvalue weighted by atomic mass is 16.1. The molecule has 1 aliphatic carbocycles. The highest BCUT2D eigenvalue weighted by Gasteiger charge is 2.42. The Morgan fingerprint density at radius 3 is 2.74 bits per heavy atom. The topological polar surface area (TPSA) is 64.7 Å². The summed E-state index contributed by atoms with van der Waals surface area (Å²) in [7, 11) is 1.94. The first-order valence-electron chi connectivity index (χ1n) is 9.34. The summed E-state index contributed by atoms with van der Waals surface area (Å²) in [5.41, 5.74) is 5.90. The van der Waals surface area contributed by atoms with Gasteiger partial charge >= 0.3 is 0 Å². The molecule has 1 aromatic carbocycles. The number of Topliss-reactive ketones (excluding diaryl/α,β-unsaturated/α-hetero) is 1. The number of aryl methyl sites for hydroxylation is 1. The second kappa shape index (κ2) is 5.31. The summed E-state index contributed by atoms with van der Waals surface area (Å²) in [5, 5.41) is 7.93. The molecule has 0 spiro atoms. The molecule has 138 valence electrons. The molecular formula is C21H23N5O. The van der Waals surface area contributed by atoms with Crippen LogP contribution in [0.3, 0.4) is 0 Å². The van der Waals surface area contributed by atoms with Crippen molar-refractivity contribution in [3.63, 3.8) is 0 Å². The molecule has 0 amide bonds. The zero-order chi connectivity index (χ0) is 18.9. The van der Waals surface area contributed by atoms with Gasteiger partial charge in [-0.2, -0.15) is 5.10 Å². The number of hydrogen-bond donors (Lipinski definition) is 1. The quantitative estimate of drug-likeness (QED) is 0.717. The fourth-order valence-corrected chi connectivity index (χ4v) is 4.50. The van der Waals surface area contributed by atoms with Crippen molar-refractivity contribution in [2.45, 2.75) is 39.7 Å². The van der Waals surface area contributed by atoms with E-state index in [1.54, 1.807) is 0 Å². The normalized spacial score (nSPS) is 21.2. The average Bonchev–Trinajstić information content (AvgIpc) is 3.12. The minimum atomic E-state index is -0.194. The Hall–Kier alpha value is -2.89. The van der Waals surface area contributed by atoms with E-state index < -0.39 is 0 Å². The number of ketones is 1. The minimum absolute atomic E-state index is 0.0500. The largest absolute Gasteiger partial charge is 0.329 e. The SMILES string of the molecule is Cc1c(C2C3=C(CC(C)(C)CC3=O)Nc3nc4ccccc4n32)cnn1C. The molecule has 0 bridgehead atoms. The van der Waals surface area contributed by atoms with Gasteiger partial charge in [0.05, 0.1) is 23.3 Å². The van der Waals surface area contributed by atoms with Crippen LogP contribution in [0, 0.1) is 12.3 Å². The first-order valence-corrected chi connectivity index (χ1v) is 9.34. The molecule has 2 aromatic heterocycles. The number of fused-ring (bicyclic) bond motifs is 3. The van der Waals surface area contributed by atoms with E-state index in [0.717, 1.165) is 45.9 Å². The number of allylic oxidation sites excluding steroid dienone is 2. The van der Waals surface area contributed by atoms with Crippen molar-refractivity contribution >= 4 is 22.8 Å². The van der Waals surface area contributed by atoms with Gasteiger partial charge in [-0.3, -0.25) is 14.0 Å². The van der Waals surface area contributed by atoms with Gasteiger partial charge < -0.3 is 5.32 Å². The molecule has 1 atom stereocenters. The summed E-state index contributed by atoms with van der Waals surface area (Å²) in [4.78, 5) is 18.1. The molecule has 3 heterocycles. The van der Waals surface area contributed by atoms with Crippen molar-refractivity contribution in [3.05, 3.63) is 53.0 Å². The zero-order valence-corrected chi connectivity index (χ0v) is 16.1. The highest BCUT2D eigenvalue weighted by Crippen LogP contribution is 2.47. The summed E-state index contributed by atoms with van der Waals surface area (Å²) in [5.74, 6) is 1.01. The molecule has 0 saturated heterocycles. The maximum atomic E-state index is 13.3. The molecule has 1 N–H and O–H groups in total. The van der Waals surface area contributed by atoms with E-state index in [1.165, 1.54) is 0 Å². The number of carbonyl (C=O) groups is 1. The van der Waals surface area contributed by atoms with Crippen molar-refractivity contribution < 1.29 is 4.79 Å². The Morgan fingerprint density at radius 1 is 1.22 bits per heavy atom. The predicted molar refractivity (Wildman–Crippen MR) is 104 cm³/mol. The molecule has 3 aromatic rings. The zero-order valence-electron chi connectivity index (χ0n) is 16.1. The second-order valence-corrected chi connectivity index (χ2v) is 8.46. The molecular weight excluding hydrogens is 338 g/mol.